The lowest BCUT2D eigenvalue weighted by atomic mass is 10.1. The van der Waals surface area contributed by atoms with Crippen molar-refractivity contribution in [3.8, 4) is 0 Å². The molecule has 0 bridgehead atoms. The first-order valence-electron chi connectivity index (χ1n) is 7.14. The van der Waals surface area contributed by atoms with Gasteiger partial charge in [0.15, 0.2) is 5.13 Å². The second kappa shape index (κ2) is 6.86. The monoisotopic (exact) mass is 289 g/mol. The second-order valence-electron chi connectivity index (χ2n) is 5.16. The Morgan fingerprint density at radius 1 is 1.25 bits per heavy atom. The van der Waals surface area contributed by atoms with Crippen molar-refractivity contribution in [3.63, 3.8) is 0 Å². The molecule has 2 aromatic rings. The summed E-state index contributed by atoms with van der Waals surface area (Å²) in [7, 11) is 0. The van der Waals surface area contributed by atoms with E-state index >= 15 is 0 Å². The molecule has 20 heavy (non-hydrogen) atoms. The lowest BCUT2D eigenvalue weighted by molar-refractivity contribution is 0.788. The molecule has 0 unspecified atom stereocenters. The topological polar surface area (TPSA) is 42.2 Å². The van der Waals surface area contributed by atoms with Crippen molar-refractivity contribution in [1.29, 1.82) is 0 Å². The van der Waals surface area contributed by atoms with Crippen LogP contribution in [0.4, 0.5) is 5.13 Å². The Labute approximate surface area is 125 Å². The maximum Gasteiger partial charge on any atom is 0.186 e. The molecule has 0 aliphatic carbocycles. The van der Waals surface area contributed by atoms with E-state index in [2.05, 4.69) is 49.9 Å². The molecule has 0 aliphatic rings. The molecule has 0 amide bonds. The van der Waals surface area contributed by atoms with Crippen LogP contribution in [0.3, 0.4) is 0 Å². The molecule has 1 aromatic carbocycles. The van der Waals surface area contributed by atoms with Gasteiger partial charge in [-0.1, -0.05) is 44.2 Å². The molecule has 1 heterocycles. The number of hydrogen-bond acceptors (Lipinski definition) is 4. The Balaban J connectivity index is 2.23. The van der Waals surface area contributed by atoms with Gasteiger partial charge in [-0.05, 0) is 18.4 Å². The zero-order chi connectivity index (χ0) is 14.5. The average Bonchev–Trinajstić information content (AvgIpc) is 2.90. The molecule has 3 nitrogen and oxygen atoms in total. The van der Waals surface area contributed by atoms with Gasteiger partial charge < -0.3 is 10.6 Å². The minimum atomic E-state index is 0.425. The molecule has 0 saturated heterocycles. The summed E-state index contributed by atoms with van der Waals surface area (Å²) in [6.07, 6.45) is 0. The van der Waals surface area contributed by atoms with Crippen molar-refractivity contribution in [2.24, 2.45) is 5.73 Å². The molecule has 4 heteroatoms. The Kier molecular flexibility index (Phi) is 5.15. The molecule has 1 aromatic heterocycles. The van der Waals surface area contributed by atoms with Gasteiger partial charge in [-0.15, -0.1) is 11.3 Å². The van der Waals surface area contributed by atoms with Crippen molar-refractivity contribution in [2.75, 3.05) is 11.4 Å². The van der Waals surface area contributed by atoms with Gasteiger partial charge in [-0.25, -0.2) is 4.98 Å². The van der Waals surface area contributed by atoms with Crippen LogP contribution in [0.5, 0.6) is 0 Å². The molecule has 2 N–H and O–H groups in total. The maximum absolute atomic E-state index is 5.85. The van der Waals surface area contributed by atoms with E-state index in [0.29, 0.717) is 12.5 Å². The summed E-state index contributed by atoms with van der Waals surface area (Å²) in [6.45, 7) is 8.93. The van der Waals surface area contributed by atoms with Gasteiger partial charge in [-0.2, -0.15) is 0 Å². The highest BCUT2D eigenvalue weighted by atomic mass is 32.1. The lowest BCUT2D eigenvalue weighted by Crippen LogP contribution is -2.21. The molecule has 0 spiro atoms. The predicted octanol–water partition coefficient (Wildman–Crippen LogP) is 3.75. The number of thiazole rings is 1. The summed E-state index contributed by atoms with van der Waals surface area (Å²) in [5.74, 6) is 0.425. The Morgan fingerprint density at radius 2 is 1.95 bits per heavy atom. The number of hydrogen-bond donors (Lipinski definition) is 1. The number of aromatic nitrogens is 1. The number of anilines is 1. The van der Waals surface area contributed by atoms with Crippen LogP contribution in [-0.2, 0) is 13.1 Å². The van der Waals surface area contributed by atoms with Gasteiger partial charge in [0.25, 0.3) is 0 Å². The van der Waals surface area contributed by atoms with Gasteiger partial charge in [-0.3, -0.25) is 0 Å². The van der Waals surface area contributed by atoms with E-state index < -0.39 is 0 Å². The highest BCUT2D eigenvalue weighted by Gasteiger charge is 2.16. The van der Waals surface area contributed by atoms with E-state index in [1.54, 1.807) is 11.3 Å². The molecule has 0 atom stereocenters. The fourth-order valence-electron chi connectivity index (χ4n) is 2.20. The Hall–Kier alpha value is -1.39. The zero-order valence-corrected chi connectivity index (χ0v) is 13.3. The number of benzene rings is 1. The van der Waals surface area contributed by atoms with Crippen molar-refractivity contribution < 1.29 is 0 Å². The van der Waals surface area contributed by atoms with E-state index in [4.69, 9.17) is 10.7 Å². The summed E-state index contributed by atoms with van der Waals surface area (Å²) < 4.78 is 0. The van der Waals surface area contributed by atoms with E-state index in [0.717, 1.165) is 23.9 Å². The summed E-state index contributed by atoms with van der Waals surface area (Å²) in [4.78, 5) is 8.33. The SMILES string of the molecule is CCN(Cc1ccccc1)c1nc(C(C)C)c(CN)s1. The zero-order valence-electron chi connectivity index (χ0n) is 12.5. The molecule has 0 radical (unpaired) electrons. The standard InChI is InChI=1S/C16H23N3S/c1-4-19(11-13-8-6-5-7-9-13)16-18-15(12(2)3)14(10-17)20-16/h5-9,12H,4,10-11,17H2,1-3H3. The quantitative estimate of drug-likeness (QED) is 0.880. The van der Waals surface area contributed by atoms with Crippen molar-refractivity contribution >= 4 is 16.5 Å². The highest BCUT2D eigenvalue weighted by molar-refractivity contribution is 7.15. The van der Waals surface area contributed by atoms with Gasteiger partial charge >= 0.3 is 0 Å². The van der Waals surface area contributed by atoms with Gasteiger partial charge in [0, 0.05) is 24.5 Å². The fraction of sp³-hybridized carbons (Fsp3) is 0.438. The van der Waals surface area contributed by atoms with E-state index in [9.17, 15) is 0 Å². The molecular formula is C16H23N3S. The predicted molar refractivity (Wildman–Crippen MR) is 87.3 cm³/mol. The van der Waals surface area contributed by atoms with Crippen molar-refractivity contribution in [2.45, 2.75) is 39.8 Å². The average molecular weight is 289 g/mol. The van der Waals surface area contributed by atoms with Gasteiger partial charge in [0.05, 0.1) is 5.69 Å². The smallest absolute Gasteiger partial charge is 0.186 e. The van der Waals surface area contributed by atoms with Crippen molar-refractivity contribution in [3.05, 3.63) is 46.5 Å². The number of nitrogens with zero attached hydrogens (tertiary/aromatic N) is 2. The first-order chi connectivity index (χ1) is 9.65. The van der Waals surface area contributed by atoms with E-state index in [1.165, 1.54) is 10.4 Å². The lowest BCUT2D eigenvalue weighted by Gasteiger charge is -2.19. The van der Waals surface area contributed by atoms with Gasteiger partial charge in [0.2, 0.25) is 0 Å². The Morgan fingerprint density at radius 3 is 2.45 bits per heavy atom. The first kappa shape index (κ1) is 15.0. The summed E-state index contributed by atoms with van der Waals surface area (Å²) in [5, 5.41) is 1.08. The van der Waals surface area contributed by atoms with Crippen LogP contribution in [0.15, 0.2) is 30.3 Å². The third kappa shape index (κ3) is 3.38. The molecule has 2 rings (SSSR count). The molecule has 0 saturated carbocycles. The highest BCUT2D eigenvalue weighted by Crippen LogP contribution is 2.31. The Bertz CT molecular complexity index is 534. The van der Waals surface area contributed by atoms with Crippen LogP contribution < -0.4 is 10.6 Å². The minimum absolute atomic E-state index is 0.425. The molecule has 0 fully saturated rings. The van der Waals surface area contributed by atoms with Crippen LogP contribution in [0.1, 0.15) is 42.8 Å². The minimum Gasteiger partial charge on any atom is -0.344 e. The van der Waals surface area contributed by atoms with E-state index in [1.807, 2.05) is 6.07 Å². The molecular weight excluding hydrogens is 266 g/mol. The summed E-state index contributed by atoms with van der Waals surface area (Å²) >= 11 is 1.73. The number of nitrogens with two attached hydrogens (primary N) is 1. The van der Waals surface area contributed by atoms with Crippen LogP contribution in [0.25, 0.3) is 0 Å². The number of rotatable bonds is 6. The largest absolute Gasteiger partial charge is 0.344 e. The second-order valence-corrected chi connectivity index (χ2v) is 6.23. The first-order valence-corrected chi connectivity index (χ1v) is 7.95. The maximum atomic E-state index is 5.85. The van der Waals surface area contributed by atoms with Crippen LogP contribution in [0.2, 0.25) is 0 Å². The third-order valence-electron chi connectivity index (χ3n) is 3.32. The van der Waals surface area contributed by atoms with E-state index in [-0.39, 0.29) is 0 Å². The fourth-order valence-corrected chi connectivity index (χ4v) is 3.36. The van der Waals surface area contributed by atoms with Crippen LogP contribution >= 0.6 is 11.3 Å². The van der Waals surface area contributed by atoms with Gasteiger partial charge in [0.1, 0.15) is 0 Å². The normalized spacial score (nSPS) is 11.1. The molecule has 108 valence electrons. The van der Waals surface area contributed by atoms with Crippen LogP contribution in [0, 0.1) is 0 Å². The van der Waals surface area contributed by atoms with Crippen LogP contribution in [-0.4, -0.2) is 11.5 Å². The molecule has 0 aliphatic heterocycles. The van der Waals surface area contributed by atoms with Crippen molar-refractivity contribution in [1.82, 2.24) is 4.98 Å². The summed E-state index contributed by atoms with van der Waals surface area (Å²) in [5.41, 5.74) is 8.31. The summed E-state index contributed by atoms with van der Waals surface area (Å²) in [6, 6.07) is 10.5. The third-order valence-corrected chi connectivity index (χ3v) is 4.47.